The van der Waals surface area contributed by atoms with Crippen LogP contribution in [0.5, 0.6) is 0 Å². The zero-order valence-electron chi connectivity index (χ0n) is 18.1. The van der Waals surface area contributed by atoms with Gasteiger partial charge in [0.05, 0.1) is 5.69 Å². The van der Waals surface area contributed by atoms with E-state index in [-0.39, 0.29) is 6.42 Å². The Morgan fingerprint density at radius 2 is 1.74 bits per heavy atom. The fraction of sp³-hybridized carbons (Fsp3) is 0.308. The highest BCUT2D eigenvalue weighted by Gasteiger charge is 2.19. The van der Waals surface area contributed by atoms with Gasteiger partial charge in [0.15, 0.2) is 0 Å². The Morgan fingerprint density at radius 3 is 2.45 bits per heavy atom. The van der Waals surface area contributed by atoms with Crippen molar-refractivity contribution in [2.45, 2.75) is 32.6 Å². The summed E-state index contributed by atoms with van der Waals surface area (Å²) in [5.41, 5.74) is 5.72. The van der Waals surface area contributed by atoms with Crippen molar-refractivity contribution < 1.29 is 9.90 Å². The molecule has 5 nitrogen and oxygen atoms in total. The largest absolute Gasteiger partial charge is 0.481 e. The number of aliphatic imine (C=N–C) groups is 1. The topological polar surface area (TPSA) is 64.9 Å². The third-order valence-electron chi connectivity index (χ3n) is 5.43. The van der Waals surface area contributed by atoms with E-state index < -0.39 is 5.97 Å². The Kier molecular flexibility index (Phi) is 8.61. The van der Waals surface area contributed by atoms with Gasteiger partial charge in [0, 0.05) is 37.6 Å². The molecule has 0 radical (unpaired) electrons. The molecule has 1 aliphatic rings. The average Bonchev–Trinajstić information content (AvgIpc) is 2.79. The number of para-hydroxylation sites is 2. The molecular weight excluding hydrogens is 386 g/mol. The monoisotopic (exact) mass is 417 g/mol. The molecule has 1 heterocycles. The first kappa shape index (κ1) is 22.5. The Labute approximate surface area is 184 Å². The van der Waals surface area contributed by atoms with Crippen molar-refractivity contribution in [3.05, 3.63) is 83.6 Å². The van der Waals surface area contributed by atoms with Crippen LogP contribution in [0.1, 0.15) is 32.6 Å². The molecule has 2 aromatic rings. The zero-order valence-corrected chi connectivity index (χ0v) is 18.1. The lowest BCUT2D eigenvalue weighted by molar-refractivity contribution is -0.137. The van der Waals surface area contributed by atoms with Crippen molar-refractivity contribution in [3.8, 4) is 0 Å². The van der Waals surface area contributed by atoms with Crippen LogP contribution in [-0.2, 0) is 4.79 Å². The van der Waals surface area contributed by atoms with Crippen LogP contribution in [0.25, 0.3) is 0 Å². The number of hydrogen-bond donors (Lipinski definition) is 2. The molecular formula is C26H31N3O2. The minimum absolute atomic E-state index is 0.250. The summed E-state index contributed by atoms with van der Waals surface area (Å²) in [5.74, 6) is -0.715. The lowest BCUT2D eigenvalue weighted by Crippen LogP contribution is -2.34. The first-order chi connectivity index (χ1) is 15.1. The number of carboxylic acid groups (broad SMARTS) is 1. The fourth-order valence-electron chi connectivity index (χ4n) is 3.59. The van der Waals surface area contributed by atoms with E-state index in [9.17, 15) is 4.79 Å². The summed E-state index contributed by atoms with van der Waals surface area (Å²) in [4.78, 5) is 17.8. The van der Waals surface area contributed by atoms with Crippen molar-refractivity contribution in [2.24, 2.45) is 4.99 Å². The average molecular weight is 418 g/mol. The number of nitrogens with zero attached hydrogens (tertiary/aromatic N) is 2. The van der Waals surface area contributed by atoms with Crippen LogP contribution in [0.2, 0.25) is 0 Å². The molecule has 0 unspecified atom stereocenters. The molecule has 2 aromatic carbocycles. The van der Waals surface area contributed by atoms with Gasteiger partial charge in [-0.15, -0.1) is 0 Å². The number of carboxylic acids is 1. The molecule has 2 N–H and O–H groups in total. The van der Waals surface area contributed by atoms with Gasteiger partial charge < -0.3 is 10.4 Å². The molecule has 3 rings (SSSR count). The van der Waals surface area contributed by atoms with E-state index in [0.29, 0.717) is 0 Å². The molecule has 0 atom stereocenters. The first-order valence-electron chi connectivity index (χ1n) is 10.9. The van der Waals surface area contributed by atoms with E-state index in [4.69, 9.17) is 5.11 Å². The van der Waals surface area contributed by atoms with Crippen molar-refractivity contribution in [3.63, 3.8) is 0 Å². The molecule has 31 heavy (non-hydrogen) atoms. The van der Waals surface area contributed by atoms with Gasteiger partial charge in [0.1, 0.15) is 0 Å². The highest BCUT2D eigenvalue weighted by Crippen LogP contribution is 2.24. The summed E-state index contributed by atoms with van der Waals surface area (Å²) in [5, 5.41) is 12.2. The number of rotatable bonds is 10. The Balaban J connectivity index is 1.71. The molecule has 0 saturated carbocycles. The van der Waals surface area contributed by atoms with Crippen LogP contribution in [0.4, 0.5) is 11.4 Å². The maximum atomic E-state index is 10.7. The minimum atomic E-state index is -0.715. The van der Waals surface area contributed by atoms with Gasteiger partial charge in [-0.2, -0.15) is 0 Å². The lowest BCUT2D eigenvalue weighted by atomic mass is 9.97. The second-order valence-corrected chi connectivity index (χ2v) is 7.84. The highest BCUT2D eigenvalue weighted by atomic mass is 16.4. The van der Waals surface area contributed by atoms with Crippen LogP contribution in [-0.4, -0.2) is 41.8 Å². The summed E-state index contributed by atoms with van der Waals surface area (Å²) in [6.07, 6.45) is 6.99. The Morgan fingerprint density at radius 1 is 1.03 bits per heavy atom. The molecule has 0 spiro atoms. The van der Waals surface area contributed by atoms with Crippen LogP contribution in [0.3, 0.4) is 0 Å². The van der Waals surface area contributed by atoms with Crippen molar-refractivity contribution in [1.82, 2.24) is 4.90 Å². The number of carbonyl (C=O) groups is 1. The van der Waals surface area contributed by atoms with Crippen LogP contribution < -0.4 is 5.32 Å². The van der Waals surface area contributed by atoms with Crippen LogP contribution in [0, 0.1) is 0 Å². The first-order valence-corrected chi connectivity index (χ1v) is 10.9. The van der Waals surface area contributed by atoms with E-state index in [1.807, 2.05) is 54.7 Å². The van der Waals surface area contributed by atoms with Crippen LogP contribution in [0.15, 0.2) is 88.6 Å². The van der Waals surface area contributed by atoms with Gasteiger partial charge in [-0.25, -0.2) is 0 Å². The van der Waals surface area contributed by atoms with Crippen molar-refractivity contribution in [2.75, 3.05) is 25.0 Å². The van der Waals surface area contributed by atoms with E-state index in [2.05, 4.69) is 40.5 Å². The number of hydrogen-bond acceptors (Lipinski definition) is 4. The molecule has 0 amide bonds. The summed E-state index contributed by atoms with van der Waals surface area (Å²) >= 11 is 0. The number of nitrogens with one attached hydrogen (secondary N) is 1. The quantitative estimate of drug-likeness (QED) is 0.387. The van der Waals surface area contributed by atoms with Crippen molar-refractivity contribution >= 4 is 23.6 Å². The smallest absolute Gasteiger partial charge is 0.303 e. The second kappa shape index (κ2) is 11.9. The van der Waals surface area contributed by atoms with Gasteiger partial charge in [-0.3, -0.25) is 14.7 Å². The molecule has 0 bridgehead atoms. The Hall–Kier alpha value is -3.18. The lowest BCUT2D eigenvalue weighted by Gasteiger charge is -2.30. The molecule has 5 heteroatoms. The van der Waals surface area contributed by atoms with Gasteiger partial charge in [-0.05, 0) is 67.3 Å². The second-order valence-electron chi connectivity index (χ2n) is 7.84. The summed E-state index contributed by atoms with van der Waals surface area (Å²) < 4.78 is 0. The highest BCUT2D eigenvalue weighted by molar-refractivity contribution is 5.84. The maximum absolute atomic E-state index is 10.7. The molecule has 0 aromatic heterocycles. The maximum Gasteiger partial charge on any atom is 0.303 e. The molecule has 0 aliphatic carbocycles. The van der Waals surface area contributed by atoms with Gasteiger partial charge >= 0.3 is 5.97 Å². The summed E-state index contributed by atoms with van der Waals surface area (Å²) in [6, 6.07) is 20.1. The summed E-state index contributed by atoms with van der Waals surface area (Å²) in [6.45, 7) is 4.82. The van der Waals surface area contributed by atoms with E-state index >= 15 is 0 Å². The molecule has 1 aliphatic heterocycles. The van der Waals surface area contributed by atoms with E-state index in [0.717, 1.165) is 50.3 Å². The van der Waals surface area contributed by atoms with Gasteiger partial charge in [0.25, 0.3) is 0 Å². The minimum Gasteiger partial charge on any atom is -0.481 e. The predicted octanol–water partition coefficient (Wildman–Crippen LogP) is 5.66. The number of anilines is 1. The van der Waals surface area contributed by atoms with Crippen LogP contribution >= 0.6 is 0 Å². The predicted molar refractivity (Wildman–Crippen MR) is 128 cm³/mol. The molecule has 0 saturated heterocycles. The van der Waals surface area contributed by atoms with E-state index in [1.54, 1.807) is 0 Å². The normalized spacial score (nSPS) is 16.2. The summed E-state index contributed by atoms with van der Waals surface area (Å²) in [7, 11) is 0. The number of benzene rings is 2. The SMILES string of the molecule is CC1=C(C=Nc2ccccc2)CN(CCCCCC(=O)O)C/C1=C\Nc1ccccc1. The number of unbranched alkanes of at least 4 members (excludes halogenated alkanes) is 2. The Bertz CT molecular complexity index is 934. The van der Waals surface area contributed by atoms with E-state index in [1.165, 1.54) is 16.7 Å². The third kappa shape index (κ3) is 7.54. The van der Waals surface area contributed by atoms with Crippen molar-refractivity contribution in [1.29, 1.82) is 0 Å². The molecule has 162 valence electrons. The standard InChI is InChI=1S/C26H31N3O2/c1-21-22(17-27-24-11-5-2-6-12-24)19-29(16-10-4-9-15-26(30)31)20-23(21)18-28-25-13-7-3-8-14-25/h2-3,5-8,11-14,17-18,27H,4,9-10,15-16,19-20H2,1H3,(H,30,31)/b22-17+,28-18?. The zero-order chi connectivity index (χ0) is 21.9. The van der Waals surface area contributed by atoms with Gasteiger partial charge in [-0.1, -0.05) is 42.8 Å². The number of aliphatic carboxylic acids is 1. The third-order valence-corrected chi connectivity index (χ3v) is 5.43. The molecule has 0 fully saturated rings. The van der Waals surface area contributed by atoms with Gasteiger partial charge in [0.2, 0.25) is 0 Å². The fourth-order valence-corrected chi connectivity index (χ4v) is 3.59.